The van der Waals surface area contributed by atoms with Gasteiger partial charge in [-0.25, -0.2) is 0 Å². The van der Waals surface area contributed by atoms with Gasteiger partial charge in [-0.1, -0.05) is 12.1 Å². The molecular formula is C18H20NO3. The molecule has 4 nitrogen and oxygen atoms in total. The van der Waals surface area contributed by atoms with Gasteiger partial charge in [-0.2, -0.15) is 0 Å². The van der Waals surface area contributed by atoms with Crippen molar-refractivity contribution < 1.29 is 14.3 Å². The molecule has 0 heterocycles. The molecule has 0 bridgehead atoms. The molecule has 0 aliphatic carbocycles. The van der Waals surface area contributed by atoms with Gasteiger partial charge >= 0.3 is 0 Å². The number of rotatable bonds is 8. The number of hydrogen-bond donors (Lipinski definition) is 0. The van der Waals surface area contributed by atoms with Crippen molar-refractivity contribution in [2.45, 2.75) is 6.42 Å². The molecule has 0 amide bonds. The fourth-order valence-electron chi connectivity index (χ4n) is 1.94. The third kappa shape index (κ3) is 4.90. The van der Waals surface area contributed by atoms with E-state index in [1.807, 2.05) is 50.7 Å². The summed E-state index contributed by atoms with van der Waals surface area (Å²) in [6, 6.07) is 14.4. The summed E-state index contributed by atoms with van der Waals surface area (Å²) in [4.78, 5) is 13.0. The van der Waals surface area contributed by atoms with E-state index in [1.54, 1.807) is 18.2 Å². The lowest BCUT2D eigenvalue weighted by Gasteiger charge is -2.11. The van der Waals surface area contributed by atoms with Gasteiger partial charge in [0.25, 0.3) is 0 Å². The zero-order valence-corrected chi connectivity index (χ0v) is 12.9. The first kappa shape index (κ1) is 16.0. The Balaban J connectivity index is 1.90. The normalized spacial score (nSPS) is 10.5. The summed E-state index contributed by atoms with van der Waals surface area (Å²) in [7, 11) is 4.08. The topological polar surface area (TPSA) is 38.8 Å². The van der Waals surface area contributed by atoms with Gasteiger partial charge in [-0.05, 0) is 56.9 Å². The summed E-state index contributed by atoms with van der Waals surface area (Å²) in [6.45, 7) is 1.68. The number of nitrogens with zero attached hydrogens (tertiary/aromatic N) is 1. The molecule has 1 radical (unpaired) electrons. The van der Waals surface area contributed by atoms with Gasteiger partial charge in [-0.3, -0.25) is 4.79 Å². The number of carbonyl (C=O) groups excluding carboxylic acids is 1. The maximum Gasteiger partial charge on any atom is 0.237 e. The van der Waals surface area contributed by atoms with Crippen molar-refractivity contribution in [1.29, 1.82) is 0 Å². The highest BCUT2D eigenvalue weighted by atomic mass is 16.5. The highest BCUT2D eigenvalue weighted by Crippen LogP contribution is 2.25. The van der Waals surface area contributed by atoms with Crippen molar-refractivity contribution in [3.05, 3.63) is 54.1 Å². The van der Waals surface area contributed by atoms with E-state index < -0.39 is 0 Å². The van der Waals surface area contributed by atoms with Crippen molar-refractivity contribution in [3.8, 4) is 17.2 Å². The van der Waals surface area contributed by atoms with E-state index in [1.165, 1.54) is 0 Å². The lowest BCUT2D eigenvalue weighted by atomic mass is 10.2. The first-order chi connectivity index (χ1) is 10.7. The van der Waals surface area contributed by atoms with Crippen molar-refractivity contribution in [2.24, 2.45) is 0 Å². The van der Waals surface area contributed by atoms with E-state index in [0.29, 0.717) is 23.7 Å². The van der Waals surface area contributed by atoms with E-state index in [2.05, 4.69) is 4.90 Å². The van der Waals surface area contributed by atoms with Crippen LogP contribution in [-0.2, 0) is 4.79 Å². The third-order valence-corrected chi connectivity index (χ3v) is 3.07. The predicted molar refractivity (Wildman–Crippen MR) is 86.4 cm³/mol. The van der Waals surface area contributed by atoms with E-state index in [-0.39, 0.29) is 0 Å². The summed E-state index contributed by atoms with van der Waals surface area (Å²) < 4.78 is 11.3. The third-order valence-electron chi connectivity index (χ3n) is 3.07. The molecule has 2 rings (SSSR count). The fraction of sp³-hybridized carbons (Fsp3) is 0.278. The Labute approximate surface area is 131 Å². The van der Waals surface area contributed by atoms with E-state index >= 15 is 0 Å². The average molecular weight is 298 g/mol. The van der Waals surface area contributed by atoms with Crippen LogP contribution in [0.15, 0.2) is 48.5 Å². The molecule has 4 heteroatoms. The minimum atomic E-state index is 0.409. The summed E-state index contributed by atoms with van der Waals surface area (Å²) >= 11 is 0. The van der Waals surface area contributed by atoms with Gasteiger partial charge in [0.05, 0.1) is 12.2 Å². The second-order valence-electron chi connectivity index (χ2n) is 5.18. The van der Waals surface area contributed by atoms with Gasteiger partial charge in [0.1, 0.15) is 17.2 Å². The Bertz CT molecular complexity index is 594. The quantitative estimate of drug-likeness (QED) is 0.701. The summed E-state index contributed by atoms with van der Waals surface area (Å²) in [5.74, 6) is 1.96. The molecular weight excluding hydrogens is 278 g/mol. The van der Waals surface area contributed by atoms with Crippen LogP contribution in [0.1, 0.15) is 12.0 Å². The van der Waals surface area contributed by atoms with Crippen LogP contribution in [0.3, 0.4) is 0 Å². The summed E-state index contributed by atoms with van der Waals surface area (Å²) in [6.07, 6.45) is 2.85. The first-order valence-corrected chi connectivity index (χ1v) is 7.21. The molecule has 0 aliphatic heterocycles. The smallest absolute Gasteiger partial charge is 0.237 e. The minimum absolute atomic E-state index is 0.409. The highest BCUT2D eigenvalue weighted by Gasteiger charge is 2.04. The Kier molecular flexibility index (Phi) is 5.98. The standard InChI is InChI=1S/C18H20NO3/c1-19(2)12-5-13-21-16-8-10-17(11-9-16)22-18-7-4-3-6-15(18)14-20/h3-4,6-11H,5,12-13H2,1-2H3. The predicted octanol–water partition coefficient (Wildman–Crippen LogP) is 3.27. The Hall–Kier alpha value is -2.33. The molecule has 0 unspecified atom stereocenters. The number of benzene rings is 2. The molecule has 2 aromatic rings. The van der Waals surface area contributed by atoms with Crippen LogP contribution >= 0.6 is 0 Å². The van der Waals surface area contributed by atoms with Crippen LogP contribution in [0.4, 0.5) is 0 Å². The number of ether oxygens (including phenoxy) is 2. The molecule has 0 saturated carbocycles. The molecule has 0 fully saturated rings. The first-order valence-electron chi connectivity index (χ1n) is 7.21. The molecule has 0 spiro atoms. The zero-order valence-electron chi connectivity index (χ0n) is 12.9. The van der Waals surface area contributed by atoms with Crippen molar-refractivity contribution in [3.63, 3.8) is 0 Å². The molecule has 0 aromatic heterocycles. The Morgan fingerprint density at radius 3 is 2.36 bits per heavy atom. The number of hydrogen-bond acceptors (Lipinski definition) is 4. The van der Waals surface area contributed by atoms with Gasteiger partial charge in [-0.15, -0.1) is 0 Å². The molecule has 22 heavy (non-hydrogen) atoms. The summed E-state index contributed by atoms with van der Waals surface area (Å²) in [5, 5.41) is 0. The van der Waals surface area contributed by atoms with Crippen LogP contribution < -0.4 is 9.47 Å². The van der Waals surface area contributed by atoms with Crippen LogP contribution in [-0.4, -0.2) is 38.4 Å². The van der Waals surface area contributed by atoms with E-state index in [4.69, 9.17) is 9.47 Å². The van der Waals surface area contributed by atoms with Gasteiger partial charge in [0.15, 0.2) is 0 Å². The van der Waals surface area contributed by atoms with E-state index in [0.717, 1.165) is 18.7 Å². The molecule has 0 N–H and O–H groups in total. The van der Waals surface area contributed by atoms with Gasteiger partial charge in [0.2, 0.25) is 6.29 Å². The number of para-hydroxylation sites is 1. The van der Waals surface area contributed by atoms with E-state index in [9.17, 15) is 4.79 Å². The fourth-order valence-corrected chi connectivity index (χ4v) is 1.94. The second-order valence-corrected chi connectivity index (χ2v) is 5.18. The Morgan fingerprint density at radius 1 is 1.00 bits per heavy atom. The molecule has 0 aliphatic rings. The molecule has 115 valence electrons. The van der Waals surface area contributed by atoms with Gasteiger partial charge in [0, 0.05) is 6.54 Å². The molecule has 0 saturated heterocycles. The van der Waals surface area contributed by atoms with Crippen LogP contribution in [0, 0.1) is 0 Å². The lowest BCUT2D eigenvalue weighted by molar-refractivity contribution is 0.281. The van der Waals surface area contributed by atoms with Crippen LogP contribution in [0.5, 0.6) is 17.2 Å². The highest BCUT2D eigenvalue weighted by molar-refractivity contribution is 5.79. The van der Waals surface area contributed by atoms with Crippen molar-refractivity contribution in [1.82, 2.24) is 4.90 Å². The maximum atomic E-state index is 10.8. The van der Waals surface area contributed by atoms with Crippen LogP contribution in [0.25, 0.3) is 0 Å². The zero-order chi connectivity index (χ0) is 15.8. The van der Waals surface area contributed by atoms with Crippen molar-refractivity contribution >= 4 is 6.29 Å². The lowest BCUT2D eigenvalue weighted by Crippen LogP contribution is -2.15. The average Bonchev–Trinajstić information content (AvgIpc) is 2.53. The minimum Gasteiger partial charge on any atom is -0.494 e. The molecule has 2 aromatic carbocycles. The summed E-state index contributed by atoms with van der Waals surface area (Å²) in [5.41, 5.74) is 0.409. The second kappa shape index (κ2) is 8.20. The maximum absolute atomic E-state index is 10.8. The monoisotopic (exact) mass is 298 g/mol. The Morgan fingerprint density at radius 2 is 1.68 bits per heavy atom. The largest absolute Gasteiger partial charge is 0.494 e. The molecule has 0 atom stereocenters. The SMILES string of the molecule is CN(C)CCCOc1ccc(Oc2ccccc2[C]=O)cc1. The van der Waals surface area contributed by atoms with Crippen LogP contribution in [0.2, 0.25) is 0 Å². The van der Waals surface area contributed by atoms with Gasteiger partial charge < -0.3 is 14.4 Å². The van der Waals surface area contributed by atoms with Crippen molar-refractivity contribution in [2.75, 3.05) is 27.2 Å².